The molecule has 4 rings (SSSR count). The summed E-state index contributed by atoms with van der Waals surface area (Å²) < 4.78 is 5.55. The number of rotatable bonds is 7. The van der Waals surface area contributed by atoms with E-state index in [0.29, 0.717) is 28.7 Å². The zero-order chi connectivity index (χ0) is 23.0. The highest BCUT2D eigenvalue weighted by Crippen LogP contribution is 2.28. The minimum Gasteiger partial charge on any atom is -0.431 e. The maximum Gasteiger partial charge on any atom is 0.412 e. The van der Waals surface area contributed by atoms with Crippen LogP contribution < -0.4 is 10.6 Å². The van der Waals surface area contributed by atoms with Crippen molar-refractivity contribution in [1.29, 1.82) is 0 Å². The first-order valence-electron chi connectivity index (χ1n) is 11.9. The summed E-state index contributed by atoms with van der Waals surface area (Å²) >= 11 is 5.89. The van der Waals surface area contributed by atoms with Gasteiger partial charge in [0, 0.05) is 28.9 Å². The first kappa shape index (κ1) is 26.3. The summed E-state index contributed by atoms with van der Waals surface area (Å²) in [5, 5.41) is 6.26. The number of benzene rings is 2. The van der Waals surface area contributed by atoms with Crippen molar-refractivity contribution in [3.63, 3.8) is 0 Å². The van der Waals surface area contributed by atoms with Crippen LogP contribution in [0.15, 0.2) is 54.6 Å². The van der Waals surface area contributed by atoms with Crippen LogP contribution in [0.2, 0.25) is 5.02 Å². The molecule has 2 amide bonds. The number of ether oxygens (including phenoxy) is 1. The number of hydrogen-bond donors (Lipinski definition) is 2. The predicted octanol–water partition coefficient (Wildman–Crippen LogP) is 5.82. The van der Waals surface area contributed by atoms with Crippen LogP contribution >= 0.6 is 24.0 Å². The van der Waals surface area contributed by atoms with Crippen molar-refractivity contribution in [3.8, 4) is 0 Å². The van der Waals surface area contributed by atoms with Gasteiger partial charge in [0.15, 0.2) is 0 Å². The summed E-state index contributed by atoms with van der Waals surface area (Å²) in [6.07, 6.45) is 5.84. The normalized spacial score (nSPS) is 18.0. The van der Waals surface area contributed by atoms with E-state index in [4.69, 9.17) is 16.3 Å². The molecule has 184 valence electrons. The molecule has 0 unspecified atom stereocenters. The van der Waals surface area contributed by atoms with Crippen molar-refractivity contribution >= 4 is 41.7 Å². The third-order valence-corrected chi connectivity index (χ3v) is 6.96. The molecule has 8 heteroatoms. The molecule has 0 radical (unpaired) electrons. The Morgan fingerprint density at radius 2 is 1.62 bits per heavy atom. The summed E-state index contributed by atoms with van der Waals surface area (Å²) in [4.78, 5) is 28.2. The van der Waals surface area contributed by atoms with Gasteiger partial charge in [0.1, 0.15) is 0 Å². The van der Waals surface area contributed by atoms with Crippen molar-refractivity contribution in [1.82, 2.24) is 10.2 Å². The SMILES string of the molecule is Cl.O=C(Nc1ccc(Cl)cc1)O[C@@H](C(=O)NCC1CCN(C2CCCC2)CC1)c1ccccc1. The summed E-state index contributed by atoms with van der Waals surface area (Å²) in [6.45, 7) is 2.81. The van der Waals surface area contributed by atoms with Gasteiger partial charge in [-0.05, 0) is 69.0 Å². The highest BCUT2D eigenvalue weighted by molar-refractivity contribution is 6.30. The Bertz CT molecular complexity index is 913. The molecule has 6 nitrogen and oxygen atoms in total. The number of piperidine rings is 1. The lowest BCUT2D eigenvalue weighted by atomic mass is 9.95. The summed E-state index contributed by atoms with van der Waals surface area (Å²) in [7, 11) is 0. The van der Waals surface area contributed by atoms with E-state index in [-0.39, 0.29) is 18.3 Å². The Balaban J connectivity index is 0.00000324. The number of carbonyl (C=O) groups is 2. The van der Waals surface area contributed by atoms with E-state index < -0.39 is 12.2 Å². The predicted molar refractivity (Wildman–Crippen MR) is 138 cm³/mol. The van der Waals surface area contributed by atoms with Crippen LogP contribution in [0.3, 0.4) is 0 Å². The second kappa shape index (κ2) is 13.0. The molecule has 1 saturated carbocycles. The van der Waals surface area contributed by atoms with Gasteiger partial charge in [-0.1, -0.05) is 54.8 Å². The van der Waals surface area contributed by atoms with E-state index in [1.165, 1.54) is 25.7 Å². The molecule has 2 aromatic carbocycles. The van der Waals surface area contributed by atoms with Crippen molar-refractivity contribution in [2.45, 2.75) is 50.7 Å². The molecule has 0 spiro atoms. The first-order valence-corrected chi connectivity index (χ1v) is 12.3. The Labute approximate surface area is 212 Å². The molecule has 1 aliphatic heterocycles. The fourth-order valence-corrected chi connectivity index (χ4v) is 4.94. The molecule has 2 aromatic rings. The number of carbonyl (C=O) groups excluding carboxylic acids is 2. The number of amides is 2. The van der Waals surface area contributed by atoms with Crippen molar-refractivity contribution in [2.24, 2.45) is 5.92 Å². The van der Waals surface area contributed by atoms with E-state index in [2.05, 4.69) is 15.5 Å². The molecular weight excluding hydrogens is 473 g/mol. The van der Waals surface area contributed by atoms with Gasteiger partial charge < -0.3 is 15.0 Å². The maximum atomic E-state index is 13.0. The van der Waals surface area contributed by atoms with E-state index >= 15 is 0 Å². The highest BCUT2D eigenvalue weighted by atomic mass is 35.5. The van der Waals surface area contributed by atoms with Gasteiger partial charge in [0.05, 0.1) is 0 Å². The second-order valence-electron chi connectivity index (χ2n) is 8.99. The molecule has 2 N–H and O–H groups in total. The average molecular weight is 506 g/mol. The molecule has 1 atom stereocenters. The minimum atomic E-state index is -1.02. The van der Waals surface area contributed by atoms with Gasteiger partial charge in [0.25, 0.3) is 5.91 Å². The molecule has 2 aliphatic rings. The Hall–Kier alpha value is -2.28. The summed E-state index contributed by atoms with van der Waals surface area (Å²) in [5.41, 5.74) is 1.18. The van der Waals surface area contributed by atoms with Crippen LogP contribution in [-0.4, -0.2) is 42.6 Å². The van der Waals surface area contributed by atoms with Gasteiger partial charge in [-0.2, -0.15) is 0 Å². The van der Waals surface area contributed by atoms with E-state index in [9.17, 15) is 9.59 Å². The van der Waals surface area contributed by atoms with Crippen molar-refractivity contribution in [3.05, 3.63) is 65.2 Å². The van der Waals surface area contributed by atoms with Gasteiger partial charge >= 0.3 is 6.09 Å². The number of nitrogens with one attached hydrogen (secondary N) is 2. The topological polar surface area (TPSA) is 70.7 Å². The number of hydrogen-bond acceptors (Lipinski definition) is 4. The van der Waals surface area contributed by atoms with Crippen LogP contribution in [0.25, 0.3) is 0 Å². The number of halogens is 2. The minimum absolute atomic E-state index is 0. The van der Waals surface area contributed by atoms with Crippen LogP contribution in [0.4, 0.5) is 10.5 Å². The van der Waals surface area contributed by atoms with E-state index in [1.807, 2.05) is 18.2 Å². The number of anilines is 1. The monoisotopic (exact) mass is 505 g/mol. The third-order valence-electron chi connectivity index (χ3n) is 6.71. The van der Waals surface area contributed by atoms with Gasteiger partial charge in [-0.3, -0.25) is 10.1 Å². The fourth-order valence-electron chi connectivity index (χ4n) is 4.82. The van der Waals surface area contributed by atoms with Crippen LogP contribution in [0.5, 0.6) is 0 Å². The molecule has 34 heavy (non-hydrogen) atoms. The summed E-state index contributed by atoms with van der Waals surface area (Å²) in [6, 6.07) is 16.6. The van der Waals surface area contributed by atoms with Crippen molar-refractivity contribution in [2.75, 3.05) is 25.0 Å². The molecule has 0 aromatic heterocycles. The Morgan fingerprint density at radius 3 is 2.26 bits per heavy atom. The molecule has 2 fully saturated rings. The van der Waals surface area contributed by atoms with Gasteiger partial charge in [0.2, 0.25) is 6.10 Å². The fraction of sp³-hybridized carbons (Fsp3) is 0.462. The van der Waals surface area contributed by atoms with Crippen molar-refractivity contribution < 1.29 is 14.3 Å². The van der Waals surface area contributed by atoms with Crippen LogP contribution in [-0.2, 0) is 9.53 Å². The Morgan fingerprint density at radius 1 is 0.971 bits per heavy atom. The number of nitrogens with zero attached hydrogens (tertiary/aromatic N) is 1. The third kappa shape index (κ3) is 7.36. The first-order chi connectivity index (χ1) is 16.1. The zero-order valence-electron chi connectivity index (χ0n) is 19.3. The standard InChI is InChI=1S/C26H32ClN3O3.ClH/c27-21-10-12-22(13-11-21)29-26(32)33-24(20-6-2-1-3-7-20)25(31)28-18-19-14-16-30(17-15-19)23-8-4-5-9-23;/h1-3,6-7,10-13,19,23-24H,4-5,8-9,14-18H2,(H,28,31)(H,29,32);1H/t24-;/m1./s1. The molecule has 1 heterocycles. The van der Waals surface area contributed by atoms with E-state index in [0.717, 1.165) is 32.0 Å². The lowest BCUT2D eigenvalue weighted by Gasteiger charge is -2.36. The van der Waals surface area contributed by atoms with E-state index in [1.54, 1.807) is 36.4 Å². The lowest BCUT2D eigenvalue weighted by molar-refractivity contribution is -0.129. The maximum absolute atomic E-state index is 13.0. The van der Waals surface area contributed by atoms with Gasteiger partial charge in [-0.25, -0.2) is 4.79 Å². The van der Waals surface area contributed by atoms with Gasteiger partial charge in [-0.15, -0.1) is 12.4 Å². The van der Waals surface area contributed by atoms with Crippen LogP contribution in [0, 0.1) is 5.92 Å². The highest BCUT2D eigenvalue weighted by Gasteiger charge is 2.29. The molecular formula is C26H33Cl2N3O3. The molecule has 1 aliphatic carbocycles. The molecule has 0 bridgehead atoms. The smallest absolute Gasteiger partial charge is 0.412 e. The Kier molecular flexibility index (Phi) is 10.1. The van der Waals surface area contributed by atoms with Crippen LogP contribution in [0.1, 0.15) is 50.2 Å². The number of likely N-dealkylation sites (tertiary alicyclic amines) is 1. The zero-order valence-corrected chi connectivity index (χ0v) is 20.8. The summed E-state index contributed by atoms with van der Waals surface area (Å²) in [5.74, 6) is 0.150. The molecule has 1 saturated heterocycles. The second-order valence-corrected chi connectivity index (χ2v) is 9.43. The lowest BCUT2D eigenvalue weighted by Crippen LogP contribution is -2.43. The largest absolute Gasteiger partial charge is 0.431 e. The average Bonchev–Trinajstić information content (AvgIpc) is 3.38. The quantitative estimate of drug-likeness (QED) is 0.496.